The normalized spacial score (nSPS) is 7.82. The number of carboxylic acids is 2. The molecule has 0 heterocycles. The van der Waals surface area contributed by atoms with Gasteiger partial charge in [0, 0.05) is 6.42 Å². The van der Waals surface area contributed by atoms with Crippen molar-refractivity contribution in [1.29, 1.82) is 0 Å². The van der Waals surface area contributed by atoms with Gasteiger partial charge in [0.1, 0.15) is 5.88 Å². The summed E-state index contributed by atoms with van der Waals surface area (Å²) in [5.74, 6) is -2.00. The molecule has 4 nitrogen and oxygen atoms in total. The fourth-order valence-electron chi connectivity index (χ4n) is 0.214. The summed E-state index contributed by atoms with van der Waals surface area (Å²) in [7, 11) is 0. The highest BCUT2D eigenvalue weighted by atomic mass is 35.5. The number of carbonyl (C=O) groups is 2. The quantitative estimate of drug-likeness (QED) is 0.643. The second-order valence-corrected chi connectivity index (χ2v) is 1.94. The monoisotopic (exact) mass is 182 g/mol. The van der Waals surface area contributed by atoms with Crippen molar-refractivity contribution in [3.63, 3.8) is 0 Å². The molecule has 0 rings (SSSR count). The van der Waals surface area contributed by atoms with Crippen molar-refractivity contribution in [2.24, 2.45) is 0 Å². The SMILES string of the molecule is CCCC(=O)O.O=C(O)CCl. The van der Waals surface area contributed by atoms with Gasteiger partial charge in [0.2, 0.25) is 0 Å². The summed E-state index contributed by atoms with van der Waals surface area (Å²) in [5, 5.41) is 15.5. The van der Waals surface area contributed by atoms with Gasteiger partial charge in [-0.3, -0.25) is 9.59 Å². The zero-order chi connectivity index (χ0) is 9.28. The Morgan fingerprint density at radius 1 is 1.27 bits per heavy atom. The molecule has 0 aliphatic carbocycles. The molecule has 0 aromatic rings. The molecule has 0 saturated carbocycles. The molecule has 0 atom stereocenters. The summed E-state index contributed by atoms with van der Waals surface area (Å²) in [5.41, 5.74) is 0. The van der Waals surface area contributed by atoms with Crippen LogP contribution >= 0.6 is 11.6 Å². The van der Waals surface area contributed by atoms with Gasteiger partial charge in [-0.05, 0) is 6.42 Å². The maximum Gasteiger partial charge on any atom is 0.318 e. The number of alkyl halides is 1. The highest BCUT2D eigenvalue weighted by Gasteiger charge is 1.87. The van der Waals surface area contributed by atoms with Crippen LogP contribution in [-0.4, -0.2) is 28.0 Å². The molecule has 2 N–H and O–H groups in total. The van der Waals surface area contributed by atoms with E-state index < -0.39 is 11.9 Å². The van der Waals surface area contributed by atoms with E-state index in [0.717, 1.165) is 6.42 Å². The minimum absolute atomic E-state index is 0.292. The molecule has 0 aromatic carbocycles. The largest absolute Gasteiger partial charge is 0.481 e. The van der Waals surface area contributed by atoms with E-state index in [1.807, 2.05) is 6.92 Å². The third-order valence-corrected chi connectivity index (χ3v) is 0.807. The minimum Gasteiger partial charge on any atom is -0.481 e. The van der Waals surface area contributed by atoms with Crippen molar-refractivity contribution < 1.29 is 19.8 Å². The van der Waals surface area contributed by atoms with Crippen LogP contribution in [0.15, 0.2) is 0 Å². The minimum atomic E-state index is -0.980. The van der Waals surface area contributed by atoms with Crippen molar-refractivity contribution in [3.05, 3.63) is 0 Å². The van der Waals surface area contributed by atoms with Crippen molar-refractivity contribution in [1.82, 2.24) is 0 Å². The van der Waals surface area contributed by atoms with Gasteiger partial charge in [-0.25, -0.2) is 0 Å². The summed E-state index contributed by atoms with van der Waals surface area (Å²) >= 11 is 4.74. The lowest BCUT2D eigenvalue weighted by Gasteiger charge is -1.79. The summed E-state index contributed by atoms with van der Waals surface area (Å²) in [4.78, 5) is 18.8. The maximum absolute atomic E-state index is 9.60. The molecule has 0 amide bonds. The molecule has 11 heavy (non-hydrogen) atoms. The van der Waals surface area contributed by atoms with Crippen LogP contribution in [0.1, 0.15) is 19.8 Å². The van der Waals surface area contributed by atoms with E-state index in [9.17, 15) is 9.59 Å². The standard InChI is InChI=1S/C4H8O2.C2H3ClO2/c1-2-3-4(5)6;3-1-2(4)5/h2-3H2,1H3,(H,5,6);1H2,(H,4,5). The van der Waals surface area contributed by atoms with Crippen LogP contribution in [0, 0.1) is 0 Å². The van der Waals surface area contributed by atoms with Gasteiger partial charge in [-0.2, -0.15) is 0 Å². The van der Waals surface area contributed by atoms with Crippen molar-refractivity contribution in [3.8, 4) is 0 Å². The van der Waals surface area contributed by atoms with Crippen molar-refractivity contribution in [2.45, 2.75) is 19.8 Å². The Balaban J connectivity index is 0. The highest BCUT2D eigenvalue weighted by molar-refractivity contribution is 6.26. The molecular formula is C6H11ClO4. The summed E-state index contributed by atoms with van der Waals surface area (Å²) in [6.07, 6.45) is 1.02. The van der Waals surface area contributed by atoms with Crippen molar-refractivity contribution in [2.75, 3.05) is 5.88 Å². The molecule has 0 bridgehead atoms. The molecule has 0 unspecified atom stereocenters. The lowest BCUT2D eigenvalue weighted by molar-refractivity contribution is -0.137. The Hall–Kier alpha value is -0.770. The molecule has 5 heteroatoms. The maximum atomic E-state index is 9.60. The van der Waals surface area contributed by atoms with Crippen LogP contribution in [0.5, 0.6) is 0 Å². The van der Waals surface area contributed by atoms with Crippen LogP contribution in [0.4, 0.5) is 0 Å². The summed E-state index contributed by atoms with van der Waals surface area (Å²) < 4.78 is 0. The van der Waals surface area contributed by atoms with Gasteiger partial charge >= 0.3 is 11.9 Å². The van der Waals surface area contributed by atoms with Gasteiger partial charge in [-0.1, -0.05) is 6.92 Å². The molecule has 0 aliphatic heterocycles. The third-order valence-electron chi connectivity index (χ3n) is 0.578. The topological polar surface area (TPSA) is 74.6 Å². The van der Waals surface area contributed by atoms with E-state index in [4.69, 9.17) is 21.8 Å². The number of rotatable bonds is 3. The van der Waals surface area contributed by atoms with Crippen LogP contribution in [0.2, 0.25) is 0 Å². The number of carboxylic acid groups (broad SMARTS) is 2. The Morgan fingerprint density at radius 3 is 1.64 bits per heavy atom. The lowest BCUT2D eigenvalue weighted by Crippen LogP contribution is -1.92. The molecular weight excluding hydrogens is 172 g/mol. The number of hydrogen-bond acceptors (Lipinski definition) is 2. The smallest absolute Gasteiger partial charge is 0.318 e. The van der Waals surface area contributed by atoms with Gasteiger partial charge in [-0.15, -0.1) is 11.6 Å². The first kappa shape index (κ1) is 12.9. The van der Waals surface area contributed by atoms with Gasteiger partial charge in [0.15, 0.2) is 0 Å². The molecule has 0 aliphatic rings. The van der Waals surface area contributed by atoms with E-state index in [2.05, 4.69) is 0 Å². The molecule has 0 spiro atoms. The van der Waals surface area contributed by atoms with Crippen molar-refractivity contribution >= 4 is 23.5 Å². The van der Waals surface area contributed by atoms with E-state index in [-0.39, 0.29) is 5.88 Å². The molecule has 0 radical (unpaired) electrons. The predicted molar refractivity (Wildman–Crippen MR) is 40.9 cm³/mol. The lowest BCUT2D eigenvalue weighted by atomic mass is 10.4. The first-order valence-corrected chi connectivity index (χ1v) is 3.57. The number of aliphatic carboxylic acids is 2. The van der Waals surface area contributed by atoms with Crippen LogP contribution in [0.25, 0.3) is 0 Å². The molecule has 0 saturated heterocycles. The first-order chi connectivity index (χ1) is 5.04. The average molecular weight is 183 g/mol. The number of halogens is 1. The van der Waals surface area contributed by atoms with Crippen LogP contribution in [-0.2, 0) is 9.59 Å². The van der Waals surface area contributed by atoms with Gasteiger partial charge < -0.3 is 10.2 Å². The average Bonchev–Trinajstić information content (AvgIpc) is 1.89. The Morgan fingerprint density at radius 2 is 1.64 bits per heavy atom. The van der Waals surface area contributed by atoms with E-state index in [1.54, 1.807) is 0 Å². The Kier molecular flexibility index (Phi) is 10.8. The molecule has 0 aromatic heterocycles. The second kappa shape index (κ2) is 9.23. The molecule has 0 fully saturated rings. The zero-order valence-corrected chi connectivity index (χ0v) is 6.97. The Labute approximate surface area is 69.8 Å². The van der Waals surface area contributed by atoms with E-state index in [0.29, 0.717) is 6.42 Å². The first-order valence-electron chi connectivity index (χ1n) is 3.04. The van der Waals surface area contributed by atoms with E-state index in [1.165, 1.54) is 0 Å². The van der Waals surface area contributed by atoms with Crippen LogP contribution in [0.3, 0.4) is 0 Å². The van der Waals surface area contributed by atoms with Gasteiger partial charge in [0.05, 0.1) is 0 Å². The van der Waals surface area contributed by atoms with Crippen LogP contribution < -0.4 is 0 Å². The summed E-state index contributed by atoms with van der Waals surface area (Å²) in [6, 6.07) is 0. The van der Waals surface area contributed by atoms with Gasteiger partial charge in [0.25, 0.3) is 0 Å². The fourth-order valence-corrected chi connectivity index (χ4v) is 0.214. The predicted octanol–water partition coefficient (Wildman–Crippen LogP) is 1.18. The highest BCUT2D eigenvalue weighted by Crippen LogP contribution is 1.82. The molecule has 66 valence electrons. The second-order valence-electron chi connectivity index (χ2n) is 1.67. The van der Waals surface area contributed by atoms with E-state index >= 15 is 0 Å². The zero-order valence-electron chi connectivity index (χ0n) is 6.21. The number of hydrogen-bond donors (Lipinski definition) is 2. The fraction of sp³-hybridized carbons (Fsp3) is 0.667. The Bertz CT molecular complexity index is 124. The third kappa shape index (κ3) is 27.0. The summed E-state index contributed by atoms with van der Waals surface area (Å²) in [6.45, 7) is 1.84.